The van der Waals surface area contributed by atoms with Crippen LogP contribution in [0, 0.1) is 0 Å². The number of anilines is 2. The molecule has 0 bridgehead atoms. The molecule has 0 aliphatic heterocycles. The second-order valence-corrected chi connectivity index (χ2v) is 8.52. The van der Waals surface area contributed by atoms with E-state index in [-0.39, 0.29) is 18.9 Å². The fourth-order valence-corrected chi connectivity index (χ4v) is 3.61. The lowest BCUT2D eigenvalue weighted by Gasteiger charge is -2.22. The van der Waals surface area contributed by atoms with Crippen LogP contribution in [0.25, 0.3) is 0 Å². The summed E-state index contributed by atoms with van der Waals surface area (Å²) >= 11 is 3.34. The van der Waals surface area contributed by atoms with Gasteiger partial charge in [0.25, 0.3) is 0 Å². The van der Waals surface area contributed by atoms with E-state index in [1.165, 1.54) is 11.4 Å². The molecule has 6 nitrogen and oxygen atoms in total. The number of methoxy groups -OCH3 is 1. The van der Waals surface area contributed by atoms with Gasteiger partial charge in [0.05, 0.1) is 19.1 Å². The number of hydrogen-bond donors (Lipinski definition) is 1. The Morgan fingerprint density at radius 1 is 1.19 bits per heavy atom. The highest BCUT2D eigenvalue weighted by Crippen LogP contribution is 2.23. The van der Waals surface area contributed by atoms with Crippen molar-refractivity contribution < 1.29 is 17.9 Å². The summed E-state index contributed by atoms with van der Waals surface area (Å²) < 4.78 is 31.6. The molecule has 0 saturated heterocycles. The van der Waals surface area contributed by atoms with E-state index in [1.54, 1.807) is 36.4 Å². The second kappa shape index (κ2) is 9.05. The van der Waals surface area contributed by atoms with E-state index in [9.17, 15) is 13.2 Å². The maximum Gasteiger partial charge on any atom is 0.232 e. The van der Waals surface area contributed by atoms with Gasteiger partial charge in [-0.2, -0.15) is 0 Å². The molecule has 2 rings (SSSR count). The van der Waals surface area contributed by atoms with E-state index in [0.717, 1.165) is 10.7 Å². The Morgan fingerprint density at radius 2 is 1.88 bits per heavy atom. The molecule has 0 aliphatic rings. The molecule has 26 heavy (non-hydrogen) atoms. The molecule has 0 atom stereocenters. The van der Waals surface area contributed by atoms with E-state index in [4.69, 9.17) is 4.74 Å². The van der Waals surface area contributed by atoms with Crippen molar-refractivity contribution in [2.75, 3.05) is 29.5 Å². The molecular weight excluding hydrogens is 420 g/mol. The molecule has 0 heterocycles. The summed E-state index contributed by atoms with van der Waals surface area (Å²) in [5, 5.41) is 2.79. The number of ether oxygens (including phenoxy) is 1. The zero-order valence-corrected chi connectivity index (χ0v) is 17.0. The van der Waals surface area contributed by atoms with Crippen molar-refractivity contribution in [2.24, 2.45) is 0 Å². The third-order valence-corrected chi connectivity index (χ3v) is 5.36. The first-order valence-electron chi connectivity index (χ1n) is 7.97. The van der Waals surface area contributed by atoms with Gasteiger partial charge in [-0.15, -0.1) is 0 Å². The Hall–Kier alpha value is -2.06. The minimum absolute atomic E-state index is 0.161. The summed E-state index contributed by atoms with van der Waals surface area (Å²) in [6.07, 6.45) is 1.76. The summed E-state index contributed by atoms with van der Waals surface area (Å²) in [7, 11) is -1.94. The number of carbonyl (C=O) groups excluding carboxylic acids is 1. The molecule has 1 amide bonds. The Labute approximate surface area is 162 Å². The third kappa shape index (κ3) is 6.03. The van der Waals surface area contributed by atoms with Gasteiger partial charge in [-0.25, -0.2) is 8.42 Å². The first kappa shape index (κ1) is 20.3. The molecule has 0 saturated carbocycles. The van der Waals surface area contributed by atoms with Crippen molar-refractivity contribution in [3.63, 3.8) is 0 Å². The van der Waals surface area contributed by atoms with Crippen molar-refractivity contribution in [3.05, 3.63) is 53.0 Å². The maximum absolute atomic E-state index is 12.1. The fourth-order valence-electron chi connectivity index (χ4n) is 2.39. The Bertz CT molecular complexity index is 854. The summed E-state index contributed by atoms with van der Waals surface area (Å²) in [5.41, 5.74) is 1.21. The normalized spacial score (nSPS) is 11.0. The highest BCUT2D eigenvalue weighted by molar-refractivity contribution is 9.10. The fraction of sp³-hybridized carbons (Fsp3) is 0.278. The van der Waals surface area contributed by atoms with Crippen LogP contribution in [0.4, 0.5) is 11.4 Å². The smallest absolute Gasteiger partial charge is 0.232 e. The topological polar surface area (TPSA) is 75.7 Å². The van der Waals surface area contributed by atoms with Crippen LogP contribution in [0.5, 0.6) is 5.75 Å². The van der Waals surface area contributed by atoms with Crippen molar-refractivity contribution in [2.45, 2.75) is 12.8 Å². The molecule has 2 aromatic carbocycles. The van der Waals surface area contributed by atoms with Crippen LogP contribution in [0.15, 0.2) is 53.0 Å². The number of carbonyl (C=O) groups is 1. The minimum Gasteiger partial charge on any atom is -0.497 e. The predicted octanol–water partition coefficient (Wildman–Crippen LogP) is 3.64. The van der Waals surface area contributed by atoms with E-state index in [1.807, 2.05) is 12.1 Å². The summed E-state index contributed by atoms with van der Waals surface area (Å²) in [6, 6.07) is 14.1. The molecule has 0 aliphatic carbocycles. The van der Waals surface area contributed by atoms with Gasteiger partial charge in [-0.1, -0.05) is 22.0 Å². The largest absolute Gasteiger partial charge is 0.497 e. The van der Waals surface area contributed by atoms with Crippen LogP contribution in [0.3, 0.4) is 0 Å². The minimum atomic E-state index is -3.46. The van der Waals surface area contributed by atoms with Crippen LogP contribution in [0.2, 0.25) is 0 Å². The number of halogens is 1. The van der Waals surface area contributed by atoms with E-state index in [2.05, 4.69) is 21.2 Å². The van der Waals surface area contributed by atoms with Gasteiger partial charge >= 0.3 is 0 Å². The molecule has 1 N–H and O–H groups in total. The van der Waals surface area contributed by atoms with E-state index < -0.39 is 10.0 Å². The lowest BCUT2D eigenvalue weighted by atomic mass is 10.2. The lowest BCUT2D eigenvalue weighted by Crippen LogP contribution is -2.31. The van der Waals surface area contributed by atoms with E-state index in [0.29, 0.717) is 23.5 Å². The SMILES string of the molecule is COc1cccc(N(CCCC(=O)Nc2ccc(Br)cc2)S(C)(=O)=O)c1. The van der Waals surface area contributed by atoms with Gasteiger partial charge in [0.2, 0.25) is 15.9 Å². The molecule has 140 valence electrons. The quantitative estimate of drug-likeness (QED) is 0.679. The molecule has 2 aromatic rings. The Morgan fingerprint density at radius 3 is 2.50 bits per heavy atom. The van der Waals surface area contributed by atoms with Crippen LogP contribution in [0.1, 0.15) is 12.8 Å². The number of sulfonamides is 1. The number of nitrogens with zero attached hydrogens (tertiary/aromatic N) is 1. The second-order valence-electron chi connectivity index (χ2n) is 5.70. The van der Waals surface area contributed by atoms with Crippen LogP contribution >= 0.6 is 15.9 Å². The maximum atomic E-state index is 12.1. The van der Waals surface area contributed by atoms with Crippen molar-refractivity contribution in [1.29, 1.82) is 0 Å². The van der Waals surface area contributed by atoms with Crippen molar-refractivity contribution >= 4 is 43.2 Å². The lowest BCUT2D eigenvalue weighted by molar-refractivity contribution is -0.116. The Balaban J connectivity index is 1.97. The van der Waals surface area contributed by atoms with Crippen LogP contribution < -0.4 is 14.4 Å². The van der Waals surface area contributed by atoms with Crippen molar-refractivity contribution in [3.8, 4) is 5.75 Å². The molecule has 8 heteroatoms. The number of rotatable bonds is 8. The summed E-state index contributed by atoms with van der Waals surface area (Å²) in [4.78, 5) is 12.1. The molecular formula is C18H21BrN2O4S. The van der Waals surface area contributed by atoms with Gasteiger partial charge in [0.1, 0.15) is 5.75 Å². The molecule has 0 aromatic heterocycles. The van der Waals surface area contributed by atoms with Gasteiger partial charge in [-0.05, 0) is 42.8 Å². The highest BCUT2D eigenvalue weighted by Gasteiger charge is 2.18. The van der Waals surface area contributed by atoms with Crippen molar-refractivity contribution in [1.82, 2.24) is 0 Å². The number of nitrogens with one attached hydrogen (secondary N) is 1. The average molecular weight is 441 g/mol. The molecule has 0 fully saturated rings. The van der Waals surface area contributed by atoms with Gasteiger partial charge in [0.15, 0.2) is 0 Å². The van der Waals surface area contributed by atoms with Crippen LogP contribution in [-0.4, -0.2) is 34.2 Å². The Kier molecular flexibility index (Phi) is 7.05. The standard InChI is InChI=1S/C18H21BrN2O4S/c1-25-17-6-3-5-16(13-17)21(26(2,23)24)12-4-7-18(22)20-15-10-8-14(19)9-11-15/h3,5-6,8-11,13H,4,7,12H2,1-2H3,(H,20,22). The average Bonchev–Trinajstić information content (AvgIpc) is 2.59. The van der Waals surface area contributed by atoms with E-state index >= 15 is 0 Å². The number of amides is 1. The monoisotopic (exact) mass is 440 g/mol. The van der Waals surface area contributed by atoms with Gasteiger partial charge < -0.3 is 10.1 Å². The van der Waals surface area contributed by atoms with Gasteiger partial charge in [0, 0.05) is 29.2 Å². The number of hydrogen-bond acceptors (Lipinski definition) is 4. The zero-order valence-electron chi connectivity index (χ0n) is 14.6. The highest BCUT2D eigenvalue weighted by atomic mass is 79.9. The zero-order chi connectivity index (χ0) is 19.2. The third-order valence-electron chi connectivity index (χ3n) is 3.63. The summed E-state index contributed by atoms with van der Waals surface area (Å²) in [6.45, 7) is 0.208. The molecule has 0 radical (unpaired) electrons. The molecule has 0 spiro atoms. The number of benzene rings is 2. The first-order valence-corrected chi connectivity index (χ1v) is 10.6. The van der Waals surface area contributed by atoms with Crippen LogP contribution in [-0.2, 0) is 14.8 Å². The summed E-state index contributed by atoms with van der Waals surface area (Å²) in [5.74, 6) is 0.413. The first-order chi connectivity index (χ1) is 12.3. The predicted molar refractivity (Wildman–Crippen MR) is 107 cm³/mol. The molecule has 0 unspecified atom stereocenters. The van der Waals surface area contributed by atoms with Gasteiger partial charge in [-0.3, -0.25) is 9.10 Å².